The smallest absolute Gasteiger partial charge is 0.252 e. The van der Waals surface area contributed by atoms with Gasteiger partial charge in [-0.3, -0.25) is 24.2 Å². The second-order valence-electron chi connectivity index (χ2n) is 11.3. The third-order valence-corrected chi connectivity index (χ3v) is 8.54. The summed E-state index contributed by atoms with van der Waals surface area (Å²) in [5, 5.41) is 12.3. The van der Waals surface area contributed by atoms with E-state index in [1.807, 2.05) is 24.3 Å². The minimum absolute atomic E-state index is 0.0605. The number of nitrogens with one attached hydrogen (secondary N) is 1. The predicted molar refractivity (Wildman–Crippen MR) is 156 cm³/mol. The molecule has 1 unspecified atom stereocenters. The maximum Gasteiger partial charge on any atom is 0.252 e. The number of rotatable bonds is 8. The van der Waals surface area contributed by atoms with Gasteiger partial charge in [-0.25, -0.2) is 13.8 Å². The van der Waals surface area contributed by atoms with E-state index >= 15 is 0 Å². The molecule has 220 valence electrons. The van der Waals surface area contributed by atoms with E-state index in [1.54, 1.807) is 30.3 Å². The molecule has 6 rings (SSSR count). The van der Waals surface area contributed by atoms with Crippen LogP contribution < -0.4 is 15.1 Å². The maximum absolute atomic E-state index is 14.7. The van der Waals surface area contributed by atoms with Crippen LogP contribution in [0.15, 0.2) is 66.9 Å². The Hall–Kier alpha value is -4.36. The molecule has 2 atom stereocenters. The van der Waals surface area contributed by atoms with Crippen LogP contribution in [0.2, 0.25) is 5.02 Å². The molecule has 2 saturated carbocycles. The summed E-state index contributed by atoms with van der Waals surface area (Å²) in [5.41, 5.74) is 2.02. The Morgan fingerprint density at radius 3 is 2.56 bits per heavy atom. The molecule has 11 heteroatoms. The van der Waals surface area contributed by atoms with Gasteiger partial charge in [-0.2, -0.15) is 5.26 Å². The quantitative estimate of drug-likeness (QED) is 0.357. The van der Waals surface area contributed by atoms with Gasteiger partial charge < -0.3 is 5.32 Å². The zero-order valence-corrected chi connectivity index (χ0v) is 23.8. The first-order valence-corrected chi connectivity index (χ1v) is 14.6. The second kappa shape index (κ2) is 11.4. The molecule has 43 heavy (non-hydrogen) atoms. The van der Waals surface area contributed by atoms with Gasteiger partial charge in [0.05, 0.1) is 11.6 Å². The van der Waals surface area contributed by atoms with Crippen molar-refractivity contribution in [3.8, 4) is 6.07 Å². The van der Waals surface area contributed by atoms with Crippen molar-refractivity contribution in [1.29, 1.82) is 5.26 Å². The molecule has 0 bridgehead atoms. The number of pyridine rings is 1. The number of nitrogens with zero attached hydrogens (tertiary/aromatic N) is 4. The van der Waals surface area contributed by atoms with Gasteiger partial charge >= 0.3 is 0 Å². The van der Waals surface area contributed by atoms with Crippen molar-refractivity contribution in [2.24, 2.45) is 0 Å². The first kappa shape index (κ1) is 28.7. The summed E-state index contributed by atoms with van der Waals surface area (Å²) >= 11 is 6.62. The lowest BCUT2D eigenvalue weighted by molar-refractivity contribution is -0.133. The number of alkyl halides is 2. The van der Waals surface area contributed by atoms with Gasteiger partial charge in [-0.15, -0.1) is 0 Å². The molecule has 1 aromatic heterocycles. The van der Waals surface area contributed by atoms with Crippen LogP contribution in [-0.4, -0.2) is 40.7 Å². The SMILES string of the molecule is N#Cc1ccnc(N2C(=O)CCC2C(=O)N(c2cccc(C3CC3)c2)[C@H](C(=O)NC2CC(F)(F)C2)c2ccccc2Cl)c1. The summed E-state index contributed by atoms with van der Waals surface area (Å²) in [6.07, 6.45) is 2.63. The maximum atomic E-state index is 14.7. The van der Waals surface area contributed by atoms with E-state index in [-0.39, 0.29) is 35.2 Å². The largest absolute Gasteiger partial charge is 0.351 e. The number of aromatic nitrogens is 1. The molecule has 1 saturated heterocycles. The molecule has 2 aliphatic carbocycles. The van der Waals surface area contributed by atoms with Crippen molar-refractivity contribution in [2.45, 2.75) is 68.5 Å². The number of hydrogen-bond donors (Lipinski definition) is 1. The lowest BCUT2D eigenvalue weighted by Crippen LogP contribution is -2.56. The highest BCUT2D eigenvalue weighted by molar-refractivity contribution is 6.31. The molecule has 2 heterocycles. The van der Waals surface area contributed by atoms with Crippen LogP contribution in [0.3, 0.4) is 0 Å². The third-order valence-electron chi connectivity index (χ3n) is 8.20. The fraction of sp³-hybridized carbons (Fsp3) is 0.344. The first-order chi connectivity index (χ1) is 20.6. The van der Waals surface area contributed by atoms with Crippen LogP contribution in [-0.2, 0) is 14.4 Å². The number of benzene rings is 2. The zero-order chi connectivity index (χ0) is 30.3. The predicted octanol–water partition coefficient (Wildman–Crippen LogP) is 5.67. The second-order valence-corrected chi connectivity index (χ2v) is 11.7. The van der Waals surface area contributed by atoms with Gasteiger partial charge in [-0.1, -0.05) is 41.9 Å². The summed E-state index contributed by atoms with van der Waals surface area (Å²) < 4.78 is 27.4. The van der Waals surface area contributed by atoms with E-state index < -0.39 is 48.7 Å². The minimum Gasteiger partial charge on any atom is -0.351 e. The summed E-state index contributed by atoms with van der Waals surface area (Å²) in [4.78, 5) is 48.8. The van der Waals surface area contributed by atoms with E-state index in [1.165, 1.54) is 28.1 Å². The number of amides is 3. The van der Waals surface area contributed by atoms with Crippen molar-refractivity contribution in [3.63, 3.8) is 0 Å². The van der Waals surface area contributed by atoms with E-state index in [2.05, 4.69) is 10.3 Å². The summed E-state index contributed by atoms with van der Waals surface area (Å²) in [6, 6.07) is 15.8. The average Bonchev–Trinajstić information content (AvgIpc) is 3.76. The highest BCUT2D eigenvalue weighted by Crippen LogP contribution is 2.43. The Kier molecular flexibility index (Phi) is 7.61. The molecule has 3 amide bonds. The highest BCUT2D eigenvalue weighted by atomic mass is 35.5. The van der Waals surface area contributed by atoms with Crippen LogP contribution in [0.5, 0.6) is 0 Å². The molecule has 1 N–H and O–H groups in total. The van der Waals surface area contributed by atoms with Gasteiger partial charge in [0.25, 0.3) is 11.8 Å². The fourth-order valence-corrected chi connectivity index (χ4v) is 6.11. The Balaban J connectivity index is 1.45. The van der Waals surface area contributed by atoms with Crippen LogP contribution in [0.1, 0.15) is 67.2 Å². The fourth-order valence-electron chi connectivity index (χ4n) is 5.87. The zero-order valence-electron chi connectivity index (χ0n) is 23.1. The minimum atomic E-state index is -2.86. The third kappa shape index (κ3) is 5.82. The molecule has 3 fully saturated rings. The van der Waals surface area contributed by atoms with E-state index in [0.717, 1.165) is 18.4 Å². The number of hydrogen-bond acceptors (Lipinski definition) is 5. The Labute approximate surface area is 252 Å². The molecule has 0 radical (unpaired) electrons. The summed E-state index contributed by atoms with van der Waals surface area (Å²) in [7, 11) is 0. The molecule has 0 spiro atoms. The number of nitriles is 1. The normalized spacial score (nSPS) is 20.2. The summed E-state index contributed by atoms with van der Waals surface area (Å²) in [6.45, 7) is 0. The monoisotopic (exact) mass is 603 g/mol. The number of anilines is 2. The van der Waals surface area contributed by atoms with E-state index in [0.29, 0.717) is 17.2 Å². The molecular weight excluding hydrogens is 576 g/mol. The van der Waals surface area contributed by atoms with Crippen LogP contribution in [0.4, 0.5) is 20.3 Å². The molecular formula is C32H28ClF2N5O3. The lowest BCUT2D eigenvalue weighted by atomic mass is 9.87. The van der Waals surface area contributed by atoms with Gasteiger partial charge in [0.1, 0.15) is 17.9 Å². The Bertz CT molecular complexity index is 1630. The molecule has 8 nitrogen and oxygen atoms in total. The first-order valence-electron chi connectivity index (χ1n) is 14.2. The molecule has 3 aliphatic rings. The van der Waals surface area contributed by atoms with Crippen molar-refractivity contribution >= 4 is 40.8 Å². The standard InChI is InChI=1S/C32H28ClF2N5O3/c33-25-7-2-1-6-24(25)29(30(42)38-22-16-32(34,35)17-22)39(23-5-3-4-21(15-23)20-8-9-20)31(43)26-10-11-28(41)40(26)27-14-19(18-36)12-13-37-27/h1-7,12-15,20,22,26,29H,8-11,16-17H2,(H,38,42)/t26?,29-/m0/s1. The molecule has 2 aromatic carbocycles. The topological polar surface area (TPSA) is 106 Å². The van der Waals surface area contributed by atoms with Crippen molar-refractivity contribution < 1.29 is 23.2 Å². The number of carbonyl (C=O) groups excluding carboxylic acids is 3. The van der Waals surface area contributed by atoms with E-state index in [9.17, 15) is 28.4 Å². The average molecular weight is 604 g/mol. The number of halogens is 3. The summed E-state index contributed by atoms with van der Waals surface area (Å²) in [5.74, 6) is -3.92. The van der Waals surface area contributed by atoms with Crippen LogP contribution >= 0.6 is 11.6 Å². The van der Waals surface area contributed by atoms with Gasteiger partial charge in [0, 0.05) is 47.8 Å². The van der Waals surface area contributed by atoms with Gasteiger partial charge in [-0.05, 0) is 61.1 Å². The van der Waals surface area contributed by atoms with Crippen LogP contribution in [0, 0.1) is 11.3 Å². The van der Waals surface area contributed by atoms with Gasteiger partial charge in [0.2, 0.25) is 11.8 Å². The van der Waals surface area contributed by atoms with Crippen molar-refractivity contribution in [3.05, 3.63) is 88.6 Å². The molecule has 1 aliphatic heterocycles. The Morgan fingerprint density at radius 1 is 1.09 bits per heavy atom. The van der Waals surface area contributed by atoms with E-state index in [4.69, 9.17) is 11.6 Å². The van der Waals surface area contributed by atoms with Crippen LogP contribution in [0.25, 0.3) is 0 Å². The lowest BCUT2D eigenvalue weighted by Gasteiger charge is -2.39. The Morgan fingerprint density at radius 2 is 1.86 bits per heavy atom. The van der Waals surface area contributed by atoms with Gasteiger partial charge in [0.15, 0.2) is 0 Å². The highest BCUT2D eigenvalue weighted by Gasteiger charge is 2.48. The molecule has 3 aromatic rings. The van der Waals surface area contributed by atoms with Crippen molar-refractivity contribution in [1.82, 2.24) is 10.3 Å². The van der Waals surface area contributed by atoms with Crippen molar-refractivity contribution in [2.75, 3.05) is 9.80 Å². The number of carbonyl (C=O) groups is 3.